The Morgan fingerprint density at radius 3 is 2.27 bits per heavy atom. The highest BCUT2D eigenvalue weighted by Gasteiger charge is 2.28. The van der Waals surface area contributed by atoms with Crippen molar-refractivity contribution in [3.63, 3.8) is 0 Å². The van der Waals surface area contributed by atoms with E-state index in [4.69, 9.17) is 0 Å². The molecule has 0 aromatic heterocycles. The van der Waals surface area contributed by atoms with Gasteiger partial charge in [-0.15, -0.1) is 0 Å². The molecule has 0 heterocycles. The van der Waals surface area contributed by atoms with Crippen molar-refractivity contribution in [2.45, 2.75) is 72.3 Å². The molecule has 0 aliphatic heterocycles. The largest absolute Gasteiger partial charge is 0.313 e. The average Bonchev–Trinajstić information content (AvgIpc) is 2.62. The lowest BCUT2D eigenvalue weighted by atomic mass is 9.81. The molecule has 0 radical (unpaired) electrons. The van der Waals surface area contributed by atoms with Crippen molar-refractivity contribution in [1.29, 1.82) is 0 Å². The Morgan fingerprint density at radius 1 is 1.20 bits per heavy atom. The van der Waals surface area contributed by atoms with E-state index >= 15 is 0 Å². The lowest BCUT2D eigenvalue weighted by Gasteiger charge is -2.33. The van der Waals surface area contributed by atoms with E-state index in [2.05, 4.69) is 33.0 Å². The minimum Gasteiger partial charge on any atom is -0.313 e. The third-order valence-corrected chi connectivity index (χ3v) is 3.73. The fourth-order valence-electron chi connectivity index (χ4n) is 2.64. The molecule has 15 heavy (non-hydrogen) atoms. The molecule has 1 fully saturated rings. The van der Waals surface area contributed by atoms with Gasteiger partial charge in [-0.05, 0) is 30.7 Å². The Balaban J connectivity index is 2.40. The number of nitrogens with one attached hydrogen (secondary N) is 1. The zero-order chi connectivity index (χ0) is 11.3. The Morgan fingerprint density at radius 2 is 1.80 bits per heavy atom. The van der Waals surface area contributed by atoms with E-state index in [9.17, 15) is 0 Å². The maximum absolute atomic E-state index is 3.74. The third-order valence-electron chi connectivity index (χ3n) is 3.73. The molecular weight excluding hydrogens is 182 g/mol. The number of rotatable bonds is 5. The number of hydrogen-bond acceptors (Lipinski definition) is 1. The first-order chi connectivity index (χ1) is 7.04. The lowest BCUT2D eigenvalue weighted by molar-refractivity contribution is 0.226. The molecule has 1 unspecified atom stereocenters. The molecule has 0 bridgehead atoms. The van der Waals surface area contributed by atoms with E-state index in [1.165, 1.54) is 45.1 Å². The van der Waals surface area contributed by atoms with Gasteiger partial charge < -0.3 is 5.32 Å². The number of hydrogen-bond donors (Lipinski definition) is 1. The molecule has 90 valence electrons. The van der Waals surface area contributed by atoms with E-state index in [1.807, 2.05) is 0 Å². The van der Waals surface area contributed by atoms with Crippen molar-refractivity contribution >= 4 is 0 Å². The van der Waals surface area contributed by atoms with Crippen LogP contribution < -0.4 is 5.32 Å². The maximum Gasteiger partial charge on any atom is 0.0118 e. The summed E-state index contributed by atoms with van der Waals surface area (Å²) in [5.41, 5.74) is 0.414. The Bertz CT molecular complexity index is 163. The van der Waals surface area contributed by atoms with Gasteiger partial charge in [0.15, 0.2) is 0 Å². The van der Waals surface area contributed by atoms with Crippen LogP contribution in [0.1, 0.15) is 66.2 Å². The summed E-state index contributed by atoms with van der Waals surface area (Å²) in [4.78, 5) is 0. The summed E-state index contributed by atoms with van der Waals surface area (Å²) in [6.45, 7) is 10.5. The van der Waals surface area contributed by atoms with Crippen molar-refractivity contribution in [3.05, 3.63) is 0 Å². The minimum atomic E-state index is 0.414. The van der Waals surface area contributed by atoms with Gasteiger partial charge >= 0.3 is 0 Å². The average molecular weight is 211 g/mol. The second-order valence-corrected chi connectivity index (χ2v) is 6.26. The summed E-state index contributed by atoms with van der Waals surface area (Å²) in [6, 6.07) is 0.709. The summed E-state index contributed by atoms with van der Waals surface area (Å²) < 4.78 is 0. The standard InChI is InChI=1S/C14H29N/c1-5-10-15-13(14(2,3)4)11-12-8-6-7-9-12/h12-13,15H,5-11H2,1-4H3. The Kier molecular flexibility index (Phi) is 5.11. The van der Waals surface area contributed by atoms with Crippen LogP contribution in [0.15, 0.2) is 0 Å². The second-order valence-electron chi connectivity index (χ2n) is 6.26. The van der Waals surface area contributed by atoms with Gasteiger partial charge in [-0.3, -0.25) is 0 Å². The molecule has 1 atom stereocenters. The topological polar surface area (TPSA) is 12.0 Å². The minimum absolute atomic E-state index is 0.414. The molecule has 0 aromatic carbocycles. The van der Waals surface area contributed by atoms with Crippen LogP contribution in [0.2, 0.25) is 0 Å². The zero-order valence-corrected chi connectivity index (χ0v) is 11.1. The molecular formula is C14H29N. The van der Waals surface area contributed by atoms with Gasteiger partial charge in [0.2, 0.25) is 0 Å². The second kappa shape index (κ2) is 5.89. The molecule has 1 aliphatic rings. The van der Waals surface area contributed by atoms with Crippen LogP contribution in [0.3, 0.4) is 0 Å². The molecule has 1 heteroatoms. The highest BCUT2D eigenvalue weighted by Crippen LogP contribution is 2.33. The van der Waals surface area contributed by atoms with Gasteiger partial charge in [-0.25, -0.2) is 0 Å². The maximum atomic E-state index is 3.74. The van der Waals surface area contributed by atoms with Gasteiger partial charge in [-0.1, -0.05) is 53.4 Å². The van der Waals surface area contributed by atoms with Crippen LogP contribution in [0.5, 0.6) is 0 Å². The molecule has 0 aromatic rings. The molecule has 1 N–H and O–H groups in total. The molecule has 0 saturated heterocycles. The Labute approximate surface area is 96.0 Å². The molecule has 1 saturated carbocycles. The van der Waals surface area contributed by atoms with Crippen LogP contribution in [-0.4, -0.2) is 12.6 Å². The van der Waals surface area contributed by atoms with E-state index in [0.717, 1.165) is 5.92 Å². The summed E-state index contributed by atoms with van der Waals surface area (Å²) in [7, 11) is 0. The van der Waals surface area contributed by atoms with E-state index in [-0.39, 0.29) is 0 Å². The zero-order valence-electron chi connectivity index (χ0n) is 11.1. The van der Waals surface area contributed by atoms with Crippen LogP contribution in [0.4, 0.5) is 0 Å². The monoisotopic (exact) mass is 211 g/mol. The van der Waals surface area contributed by atoms with Gasteiger partial charge in [0.05, 0.1) is 0 Å². The molecule has 0 spiro atoms. The normalized spacial score (nSPS) is 20.8. The highest BCUT2D eigenvalue weighted by atomic mass is 14.9. The molecule has 1 nitrogen and oxygen atoms in total. The molecule has 0 amide bonds. The van der Waals surface area contributed by atoms with Gasteiger partial charge in [0.25, 0.3) is 0 Å². The van der Waals surface area contributed by atoms with Gasteiger partial charge in [-0.2, -0.15) is 0 Å². The van der Waals surface area contributed by atoms with Gasteiger partial charge in [0, 0.05) is 6.04 Å². The van der Waals surface area contributed by atoms with Crippen molar-refractivity contribution < 1.29 is 0 Å². The van der Waals surface area contributed by atoms with Gasteiger partial charge in [0.1, 0.15) is 0 Å². The first-order valence-corrected chi connectivity index (χ1v) is 6.77. The fourth-order valence-corrected chi connectivity index (χ4v) is 2.64. The van der Waals surface area contributed by atoms with Crippen molar-refractivity contribution in [3.8, 4) is 0 Å². The van der Waals surface area contributed by atoms with Crippen LogP contribution in [0, 0.1) is 11.3 Å². The predicted molar refractivity (Wildman–Crippen MR) is 68.1 cm³/mol. The summed E-state index contributed by atoms with van der Waals surface area (Å²) in [5.74, 6) is 0.999. The van der Waals surface area contributed by atoms with E-state index < -0.39 is 0 Å². The lowest BCUT2D eigenvalue weighted by Crippen LogP contribution is -2.41. The van der Waals surface area contributed by atoms with Crippen LogP contribution >= 0.6 is 0 Å². The molecule has 1 aliphatic carbocycles. The smallest absolute Gasteiger partial charge is 0.0118 e. The predicted octanol–water partition coefficient (Wildman–Crippen LogP) is 3.98. The SMILES string of the molecule is CCCNC(CC1CCCC1)C(C)(C)C. The molecule has 1 rings (SSSR count). The van der Waals surface area contributed by atoms with Crippen molar-refractivity contribution in [2.75, 3.05) is 6.54 Å². The first kappa shape index (κ1) is 13.0. The first-order valence-electron chi connectivity index (χ1n) is 6.77. The van der Waals surface area contributed by atoms with Crippen LogP contribution in [0.25, 0.3) is 0 Å². The van der Waals surface area contributed by atoms with Crippen LogP contribution in [-0.2, 0) is 0 Å². The summed E-state index contributed by atoms with van der Waals surface area (Å²) in [5, 5.41) is 3.74. The quantitative estimate of drug-likeness (QED) is 0.725. The van der Waals surface area contributed by atoms with Crippen molar-refractivity contribution in [2.24, 2.45) is 11.3 Å². The fraction of sp³-hybridized carbons (Fsp3) is 1.00. The highest BCUT2D eigenvalue weighted by molar-refractivity contribution is 4.84. The Hall–Kier alpha value is -0.0400. The summed E-state index contributed by atoms with van der Waals surface area (Å²) >= 11 is 0. The van der Waals surface area contributed by atoms with E-state index in [1.54, 1.807) is 0 Å². The summed E-state index contributed by atoms with van der Waals surface area (Å²) in [6.07, 6.45) is 8.52. The third kappa shape index (κ3) is 4.55. The van der Waals surface area contributed by atoms with E-state index in [0.29, 0.717) is 11.5 Å². The van der Waals surface area contributed by atoms with Crippen molar-refractivity contribution in [1.82, 2.24) is 5.32 Å².